The van der Waals surface area contributed by atoms with E-state index in [4.69, 9.17) is 4.74 Å². The largest absolute Gasteiger partial charge is 0.378 e. The van der Waals surface area contributed by atoms with E-state index in [1.165, 1.54) is 6.20 Å². The lowest BCUT2D eigenvalue weighted by Gasteiger charge is -2.28. The molecule has 0 radical (unpaired) electrons. The molecule has 0 aromatic carbocycles. The zero-order valence-electron chi connectivity index (χ0n) is 8.13. The van der Waals surface area contributed by atoms with E-state index in [0.29, 0.717) is 13.2 Å². The Morgan fingerprint density at radius 2 is 2.13 bits per heavy atom. The first-order chi connectivity index (χ1) is 7.27. The summed E-state index contributed by atoms with van der Waals surface area (Å²) in [6.07, 6.45) is 2.89. The Labute approximate surface area is 86.6 Å². The van der Waals surface area contributed by atoms with Crippen molar-refractivity contribution in [3.8, 4) is 0 Å². The minimum atomic E-state index is -0.434. The fourth-order valence-electron chi connectivity index (χ4n) is 1.51. The summed E-state index contributed by atoms with van der Waals surface area (Å²) in [5, 5.41) is 10.6. The molecule has 2 heterocycles. The molecule has 0 atom stereocenters. The van der Waals surface area contributed by atoms with E-state index in [9.17, 15) is 10.1 Å². The number of ether oxygens (including phenoxy) is 1. The van der Waals surface area contributed by atoms with Crippen LogP contribution in [0.1, 0.15) is 0 Å². The van der Waals surface area contributed by atoms with Gasteiger partial charge in [-0.05, 0) is 0 Å². The standard InChI is InChI=1S/C9H11N3O3/c13-12(14)9-5-8(6-10-7-9)11-1-3-15-4-2-11/h5-7H,1-4H2. The highest BCUT2D eigenvalue weighted by Crippen LogP contribution is 2.19. The van der Waals surface area contributed by atoms with Crippen LogP contribution in [0.2, 0.25) is 0 Å². The molecule has 0 bridgehead atoms. The maximum absolute atomic E-state index is 10.6. The molecule has 1 saturated heterocycles. The van der Waals surface area contributed by atoms with Gasteiger partial charge in [-0.25, -0.2) is 0 Å². The van der Waals surface area contributed by atoms with E-state index in [1.807, 2.05) is 4.90 Å². The van der Waals surface area contributed by atoms with Crippen LogP contribution < -0.4 is 4.90 Å². The van der Waals surface area contributed by atoms with Gasteiger partial charge in [-0.3, -0.25) is 15.1 Å². The van der Waals surface area contributed by atoms with Crippen LogP contribution in [0.3, 0.4) is 0 Å². The smallest absolute Gasteiger partial charge is 0.289 e. The Morgan fingerprint density at radius 3 is 2.80 bits per heavy atom. The lowest BCUT2D eigenvalue weighted by molar-refractivity contribution is -0.385. The van der Waals surface area contributed by atoms with Crippen LogP contribution in [0, 0.1) is 10.1 Å². The molecule has 15 heavy (non-hydrogen) atoms. The first kappa shape index (κ1) is 9.85. The van der Waals surface area contributed by atoms with Crippen LogP contribution in [0.25, 0.3) is 0 Å². The second kappa shape index (κ2) is 4.22. The van der Waals surface area contributed by atoms with Crippen molar-refractivity contribution < 1.29 is 9.66 Å². The normalized spacial score (nSPS) is 16.4. The molecule has 2 rings (SSSR count). The Hall–Kier alpha value is -1.69. The number of morpholine rings is 1. The van der Waals surface area contributed by atoms with Crippen molar-refractivity contribution in [3.05, 3.63) is 28.6 Å². The maximum atomic E-state index is 10.6. The van der Waals surface area contributed by atoms with Crippen molar-refractivity contribution in [1.82, 2.24) is 4.98 Å². The molecular weight excluding hydrogens is 198 g/mol. The first-order valence-corrected chi connectivity index (χ1v) is 4.69. The van der Waals surface area contributed by atoms with Crippen LogP contribution in [-0.4, -0.2) is 36.2 Å². The molecule has 0 unspecified atom stereocenters. The molecule has 1 aromatic heterocycles. The van der Waals surface area contributed by atoms with Gasteiger partial charge in [0.15, 0.2) is 0 Å². The molecule has 0 saturated carbocycles. The molecule has 1 aromatic rings. The Kier molecular flexibility index (Phi) is 2.77. The minimum Gasteiger partial charge on any atom is -0.378 e. The SMILES string of the molecule is O=[N+]([O-])c1cncc(N2CCOCC2)c1. The molecule has 1 aliphatic heterocycles. The lowest BCUT2D eigenvalue weighted by Crippen LogP contribution is -2.36. The Balaban J connectivity index is 2.19. The number of nitro groups is 1. The summed E-state index contributed by atoms with van der Waals surface area (Å²) < 4.78 is 5.20. The van der Waals surface area contributed by atoms with Gasteiger partial charge in [0.05, 0.1) is 30.0 Å². The van der Waals surface area contributed by atoms with Gasteiger partial charge >= 0.3 is 0 Å². The summed E-state index contributed by atoms with van der Waals surface area (Å²) in [4.78, 5) is 16.0. The fraction of sp³-hybridized carbons (Fsp3) is 0.444. The lowest BCUT2D eigenvalue weighted by atomic mass is 10.3. The maximum Gasteiger partial charge on any atom is 0.289 e. The van der Waals surface area contributed by atoms with Gasteiger partial charge in [0.25, 0.3) is 5.69 Å². The summed E-state index contributed by atoms with van der Waals surface area (Å²) in [5.41, 5.74) is 0.812. The van der Waals surface area contributed by atoms with Crippen LogP contribution in [0.5, 0.6) is 0 Å². The van der Waals surface area contributed by atoms with E-state index in [0.717, 1.165) is 18.8 Å². The van der Waals surface area contributed by atoms with Crippen LogP contribution >= 0.6 is 0 Å². The quantitative estimate of drug-likeness (QED) is 0.533. The molecule has 0 amide bonds. The van der Waals surface area contributed by atoms with Crippen LogP contribution in [0.15, 0.2) is 18.5 Å². The van der Waals surface area contributed by atoms with E-state index in [1.54, 1.807) is 12.3 Å². The van der Waals surface area contributed by atoms with Gasteiger partial charge in [0.2, 0.25) is 0 Å². The van der Waals surface area contributed by atoms with Crippen molar-refractivity contribution in [1.29, 1.82) is 0 Å². The van der Waals surface area contributed by atoms with Crippen molar-refractivity contribution in [2.24, 2.45) is 0 Å². The van der Waals surface area contributed by atoms with Gasteiger partial charge in [-0.2, -0.15) is 0 Å². The van der Waals surface area contributed by atoms with E-state index >= 15 is 0 Å². The van der Waals surface area contributed by atoms with E-state index in [2.05, 4.69) is 4.98 Å². The van der Waals surface area contributed by atoms with Crippen molar-refractivity contribution in [2.75, 3.05) is 31.2 Å². The third-order valence-corrected chi connectivity index (χ3v) is 2.30. The number of hydrogen-bond donors (Lipinski definition) is 0. The molecule has 6 heteroatoms. The fourth-order valence-corrected chi connectivity index (χ4v) is 1.51. The highest BCUT2D eigenvalue weighted by Gasteiger charge is 2.14. The van der Waals surface area contributed by atoms with E-state index in [-0.39, 0.29) is 5.69 Å². The molecule has 6 nitrogen and oxygen atoms in total. The second-order valence-corrected chi connectivity index (χ2v) is 3.26. The molecule has 1 fully saturated rings. The monoisotopic (exact) mass is 209 g/mol. The third kappa shape index (κ3) is 2.21. The number of aromatic nitrogens is 1. The first-order valence-electron chi connectivity index (χ1n) is 4.69. The number of pyridine rings is 1. The average molecular weight is 209 g/mol. The second-order valence-electron chi connectivity index (χ2n) is 3.26. The van der Waals surface area contributed by atoms with Crippen molar-refractivity contribution >= 4 is 11.4 Å². The minimum absolute atomic E-state index is 0.0268. The molecule has 0 aliphatic carbocycles. The zero-order valence-corrected chi connectivity index (χ0v) is 8.13. The third-order valence-electron chi connectivity index (χ3n) is 2.30. The molecule has 80 valence electrons. The molecular formula is C9H11N3O3. The predicted molar refractivity (Wildman–Crippen MR) is 53.9 cm³/mol. The summed E-state index contributed by atoms with van der Waals surface area (Å²) in [7, 11) is 0. The van der Waals surface area contributed by atoms with Gasteiger partial charge in [0, 0.05) is 19.2 Å². The number of hydrogen-bond acceptors (Lipinski definition) is 5. The highest BCUT2D eigenvalue weighted by atomic mass is 16.6. The summed E-state index contributed by atoms with van der Waals surface area (Å²) >= 11 is 0. The topological polar surface area (TPSA) is 68.5 Å². The van der Waals surface area contributed by atoms with Crippen molar-refractivity contribution in [3.63, 3.8) is 0 Å². The highest BCUT2D eigenvalue weighted by molar-refractivity contribution is 5.50. The van der Waals surface area contributed by atoms with Gasteiger partial charge in [-0.15, -0.1) is 0 Å². The number of nitrogens with zero attached hydrogens (tertiary/aromatic N) is 3. The molecule has 1 aliphatic rings. The van der Waals surface area contributed by atoms with E-state index < -0.39 is 4.92 Å². The van der Waals surface area contributed by atoms with Crippen LogP contribution in [-0.2, 0) is 4.74 Å². The predicted octanol–water partition coefficient (Wildman–Crippen LogP) is 0.826. The molecule has 0 spiro atoms. The number of anilines is 1. The Morgan fingerprint density at radius 1 is 1.40 bits per heavy atom. The summed E-state index contributed by atoms with van der Waals surface area (Å²) in [6.45, 7) is 2.82. The summed E-state index contributed by atoms with van der Waals surface area (Å²) in [6, 6.07) is 1.54. The zero-order chi connectivity index (χ0) is 10.7. The number of rotatable bonds is 2. The molecule has 0 N–H and O–H groups in total. The summed E-state index contributed by atoms with van der Waals surface area (Å²) in [5.74, 6) is 0. The van der Waals surface area contributed by atoms with Gasteiger partial charge < -0.3 is 9.64 Å². The van der Waals surface area contributed by atoms with Gasteiger partial charge in [0.1, 0.15) is 6.20 Å². The van der Waals surface area contributed by atoms with Crippen molar-refractivity contribution in [2.45, 2.75) is 0 Å². The van der Waals surface area contributed by atoms with Crippen LogP contribution in [0.4, 0.5) is 11.4 Å². The average Bonchev–Trinajstić information content (AvgIpc) is 2.30. The van der Waals surface area contributed by atoms with Gasteiger partial charge in [-0.1, -0.05) is 0 Å². The Bertz CT molecular complexity index is 363.